The zero-order chi connectivity index (χ0) is 12.0. The minimum absolute atomic E-state index is 0.800. The van der Waals surface area contributed by atoms with E-state index in [4.69, 9.17) is 0 Å². The Kier molecular flexibility index (Phi) is 6.41. The number of rotatable bonds is 5. The van der Waals surface area contributed by atoms with Crippen LogP contribution in [0, 0.1) is 5.92 Å². The summed E-state index contributed by atoms with van der Waals surface area (Å²) in [5.41, 5.74) is 0. The summed E-state index contributed by atoms with van der Waals surface area (Å²) in [5, 5.41) is 0. The van der Waals surface area contributed by atoms with Crippen molar-refractivity contribution in [2.45, 2.75) is 84.7 Å². The molecule has 16 heavy (non-hydrogen) atoms. The van der Waals surface area contributed by atoms with Gasteiger partial charge < -0.3 is 0 Å². The smallest absolute Gasteiger partial charge is 0.00722 e. The van der Waals surface area contributed by atoms with Crippen LogP contribution in [0.15, 0.2) is 0 Å². The van der Waals surface area contributed by atoms with Gasteiger partial charge in [0.25, 0.3) is 0 Å². The van der Waals surface area contributed by atoms with E-state index in [-0.39, 0.29) is 0 Å². The van der Waals surface area contributed by atoms with Gasteiger partial charge in [0.15, 0.2) is 0 Å². The third kappa shape index (κ3) is 4.45. The summed E-state index contributed by atoms with van der Waals surface area (Å²) in [6.45, 7) is 10.9. The number of nitrogens with zero attached hydrogens (tertiary/aromatic N) is 1. The van der Waals surface area contributed by atoms with E-state index < -0.39 is 0 Å². The molecule has 0 spiro atoms. The first-order valence-corrected chi connectivity index (χ1v) is 7.40. The van der Waals surface area contributed by atoms with Crippen LogP contribution in [0.25, 0.3) is 0 Å². The first kappa shape index (κ1) is 14.0. The van der Waals surface area contributed by atoms with Crippen LogP contribution in [0.4, 0.5) is 0 Å². The van der Waals surface area contributed by atoms with Gasteiger partial charge >= 0.3 is 0 Å². The van der Waals surface area contributed by atoms with E-state index in [2.05, 4.69) is 32.6 Å². The summed E-state index contributed by atoms with van der Waals surface area (Å²) in [7, 11) is 0. The summed E-state index contributed by atoms with van der Waals surface area (Å²) < 4.78 is 0. The monoisotopic (exact) mass is 225 g/mol. The molecule has 0 bridgehead atoms. The van der Waals surface area contributed by atoms with Crippen molar-refractivity contribution < 1.29 is 0 Å². The summed E-state index contributed by atoms with van der Waals surface area (Å²) in [4.78, 5) is 2.76. The average molecular weight is 225 g/mol. The molecule has 0 saturated carbocycles. The normalized spacial score (nSPS) is 32.6. The van der Waals surface area contributed by atoms with Gasteiger partial charge in [-0.25, -0.2) is 0 Å². The van der Waals surface area contributed by atoms with Gasteiger partial charge in [-0.05, 0) is 52.0 Å². The van der Waals surface area contributed by atoms with Gasteiger partial charge in [0.05, 0.1) is 0 Å². The van der Waals surface area contributed by atoms with Gasteiger partial charge in [-0.1, -0.05) is 33.1 Å². The first-order valence-electron chi connectivity index (χ1n) is 7.40. The third-order valence-electron chi connectivity index (χ3n) is 4.22. The van der Waals surface area contributed by atoms with Crippen molar-refractivity contribution in [2.24, 2.45) is 5.92 Å². The molecule has 0 aliphatic carbocycles. The highest BCUT2D eigenvalue weighted by Crippen LogP contribution is 2.26. The second-order valence-electron chi connectivity index (χ2n) is 5.91. The molecule has 0 radical (unpaired) electrons. The Morgan fingerprint density at radius 3 is 2.38 bits per heavy atom. The Morgan fingerprint density at radius 2 is 1.69 bits per heavy atom. The van der Waals surface area contributed by atoms with E-state index in [1.54, 1.807) is 0 Å². The third-order valence-corrected chi connectivity index (χ3v) is 4.22. The van der Waals surface area contributed by atoms with Crippen LogP contribution in [-0.2, 0) is 0 Å². The molecular weight excluding hydrogens is 194 g/mol. The molecule has 1 fully saturated rings. The van der Waals surface area contributed by atoms with E-state index in [0.29, 0.717) is 0 Å². The molecule has 0 aromatic carbocycles. The number of likely N-dealkylation sites (tertiary alicyclic amines) is 1. The van der Waals surface area contributed by atoms with Crippen LogP contribution in [0.1, 0.15) is 72.6 Å². The van der Waals surface area contributed by atoms with Crippen LogP contribution in [-0.4, -0.2) is 23.5 Å². The van der Waals surface area contributed by atoms with Gasteiger partial charge in [-0.2, -0.15) is 0 Å². The number of unbranched alkanes of at least 4 members (excludes halogenated alkanes) is 3. The molecule has 3 unspecified atom stereocenters. The zero-order valence-electron chi connectivity index (χ0n) is 11.8. The molecule has 1 nitrogen and oxygen atoms in total. The molecular formula is C15H31N. The number of hydrogen-bond donors (Lipinski definition) is 0. The van der Waals surface area contributed by atoms with Gasteiger partial charge in [0.2, 0.25) is 0 Å². The minimum atomic E-state index is 0.800. The maximum Gasteiger partial charge on any atom is 0.00722 e. The number of hydrogen-bond acceptors (Lipinski definition) is 1. The van der Waals surface area contributed by atoms with Gasteiger partial charge in [0.1, 0.15) is 0 Å². The Hall–Kier alpha value is -0.0400. The zero-order valence-corrected chi connectivity index (χ0v) is 11.8. The van der Waals surface area contributed by atoms with Crippen LogP contribution >= 0.6 is 0 Å². The minimum Gasteiger partial charge on any atom is -0.298 e. The highest BCUT2D eigenvalue weighted by atomic mass is 15.2. The lowest BCUT2D eigenvalue weighted by Gasteiger charge is -2.32. The Labute approximate surface area is 103 Å². The molecule has 1 heterocycles. The lowest BCUT2D eigenvalue weighted by molar-refractivity contribution is 0.150. The molecule has 1 saturated heterocycles. The lowest BCUT2D eigenvalue weighted by Crippen LogP contribution is -2.39. The van der Waals surface area contributed by atoms with Crippen LogP contribution in [0.2, 0.25) is 0 Å². The summed E-state index contributed by atoms with van der Waals surface area (Å²) in [6, 6.07) is 1.61. The fourth-order valence-corrected chi connectivity index (χ4v) is 3.12. The molecule has 0 aromatic heterocycles. The van der Waals surface area contributed by atoms with Gasteiger partial charge in [-0.15, -0.1) is 0 Å². The van der Waals surface area contributed by atoms with E-state index in [9.17, 15) is 0 Å². The summed E-state index contributed by atoms with van der Waals surface area (Å²) in [6.07, 6.45) is 9.81. The highest BCUT2D eigenvalue weighted by Gasteiger charge is 2.25. The van der Waals surface area contributed by atoms with Crippen LogP contribution < -0.4 is 0 Å². The Morgan fingerprint density at radius 1 is 0.938 bits per heavy atom. The fourth-order valence-electron chi connectivity index (χ4n) is 3.12. The quantitative estimate of drug-likeness (QED) is 0.624. The molecule has 96 valence electrons. The van der Waals surface area contributed by atoms with Crippen molar-refractivity contribution in [2.75, 3.05) is 6.54 Å². The summed E-state index contributed by atoms with van der Waals surface area (Å²) in [5.74, 6) is 0.929. The van der Waals surface area contributed by atoms with Crippen molar-refractivity contribution in [1.82, 2.24) is 4.90 Å². The van der Waals surface area contributed by atoms with Crippen LogP contribution in [0.3, 0.4) is 0 Å². The van der Waals surface area contributed by atoms with Crippen molar-refractivity contribution in [3.63, 3.8) is 0 Å². The predicted octanol–water partition coefficient (Wildman–Crippen LogP) is 4.47. The van der Waals surface area contributed by atoms with E-state index in [1.807, 2.05) is 0 Å². The van der Waals surface area contributed by atoms with E-state index in [1.165, 1.54) is 51.5 Å². The second-order valence-corrected chi connectivity index (χ2v) is 5.91. The maximum atomic E-state index is 2.76. The van der Waals surface area contributed by atoms with Crippen molar-refractivity contribution in [3.05, 3.63) is 0 Å². The average Bonchev–Trinajstić information content (AvgIpc) is 2.36. The highest BCUT2D eigenvalue weighted by molar-refractivity contribution is 4.80. The molecule has 1 heteroatoms. The Balaban J connectivity index is 2.35. The molecule has 1 aliphatic heterocycles. The van der Waals surface area contributed by atoms with Gasteiger partial charge in [-0.3, -0.25) is 4.90 Å². The molecule has 1 rings (SSSR count). The van der Waals surface area contributed by atoms with Crippen molar-refractivity contribution >= 4 is 0 Å². The molecule has 1 aliphatic rings. The molecule has 0 amide bonds. The SMILES string of the molecule is CCCCCCN1C(C)CCC(C)CC1C. The van der Waals surface area contributed by atoms with Crippen LogP contribution in [0.5, 0.6) is 0 Å². The first-order chi connectivity index (χ1) is 7.65. The molecule has 0 N–H and O–H groups in total. The van der Waals surface area contributed by atoms with E-state index in [0.717, 1.165) is 18.0 Å². The Bertz CT molecular complexity index is 178. The topological polar surface area (TPSA) is 3.24 Å². The maximum absolute atomic E-state index is 2.76. The molecule has 3 atom stereocenters. The lowest BCUT2D eigenvalue weighted by atomic mass is 9.99. The van der Waals surface area contributed by atoms with E-state index >= 15 is 0 Å². The van der Waals surface area contributed by atoms with Crippen molar-refractivity contribution in [3.8, 4) is 0 Å². The largest absolute Gasteiger partial charge is 0.298 e. The van der Waals surface area contributed by atoms with Crippen molar-refractivity contribution in [1.29, 1.82) is 0 Å². The molecule has 0 aromatic rings. The van der Waals surface area contributed by atoms with Gasteiger partial charge in [0, 0.05) is 12.1 Å². The summed E-state index contributed by atoms with van der Waals surface area (Å²) >= 11 is 0. The second kappa shape index (κ2) is 7.32. The standard InChI is InChI=1S/C15H31N/c1-5-6-7-8-11-16-14(3)10-9-13(2)12-15(16)4/h13-15H,5-12H2,1-4H3. The predicted molar refractivity (Wildman–Crippen MR) is 72.8 cm³/mol. The fraction of sp³-hybridized carbons (Fsp3) is 1.00.